The Bertz CT molecular complexity index is 409. The molecule has 3 N–H and O–H groups in total. The Morgan fingerprint density at radius 3 is 2.67 bits per heavy atom. The molecule has 0 radical (unpaired) electrons. The zero-order chi connectivity index (χ0) is 14.9. The SMILES string of the molecule is Cc1cccc(CN2CCCN(CCN)CCNCC2)n1. The molecule has 1 saturated heterocycles. The highest BCUT2D eigenvalue weighted by Gasteiger charge is 2.11. The Morgan fingerprint density at radius 1 is 1.14 bits per heavy atom. The quantitative estimate of drug-likeness (QED) is 0.843. The maximum Gasteiger partial charge on any atom is 0.0547 e. The molecule has 1 aliphatic rings. The van der Waals surface area contributed by atoms with E-state index >= 15 is 0 Å². The number of hydrogen-bond donors (Lipinski definition) is 2. The Labute approximate surface area is 128 Å². The molecular weight excluding hydrogens is 262 g/mol. The summed E-state index contributed by atoms with van der Waals surface area (Å²) < 4.78 is 0. The molecule has 1 aliphatic heterocycles. The zero-order valence-corrected chi connectivity index (χ0v) is 13.2. The summed E-state index contributed by atoms with van der Waals surface area (Å²) in [4.78, 5) is 9.58. The molecule has 0 atom stereocenters. The van der Waals surface area contributed by atoms with Crippen molar-refractivity contribution in [2.45, 2.75) is 19.9 Å². The molecule has 0 unspecified atom stereocenters. The lowest BCUT2D eigenvalue weighted by Crippen LogP contribution is -2.42. The van der Waals surface area contributed by atoms with Gasteiger partial charge < -0.3 is 16.0 Å². The normalized spacial score (nSPS) is 19.5. The van der Waals surface area contributed by atoms with Crippen LogP contribution in [-0.2, 0) is 6.54 Å². The van der Waals surface area contributed by atoms with Gasteiger partial charge in [0.05, 0.1) is 5.69 Å². The summed E-state index contributed by atoms with van der Waals surface area (Å²) in [7, 11) is 0. The van der Waals surface area contributed by atoms with E-state index in [4.69, 9.17) is 5.73 Å². The number of nitrogens with one attached hydrogen (secondary N) is 1. The largest absolute Gasteiger partial charge is 0.329 e. The van der Waals surface area contributed by atoms with Gasteiger partial charge in [-0.2, -0.15) is 0 Å². The highest BCUT2D eigenvalue weighted by Crippen LogP contribution is 2.05. The van der Waals surface area contributed by atoms with Crippen LogP contribution >= 0.6 is 0 Å². The third-order valence-corrected chi connectivity index (χ3v) is 3.94. The molecule has 0 spiro atoms. The van der Waals surface area contributed by atoms with Crippen LogP contribution in [0.3, 0.4) is 0 Å². The van der Waals surface area contributed by atoms with Gasteiger partial charge in [0.1, 0.15) is 0 Å². The molecule has 118 valence electrons. The zero-order valence-electron chi connectivity index (χ0n) is 13.2. The smallest absolute Gasteiger partial charge is 0.0547 e. The van der Waals surface area contributed by atoms with Gasteiger partial charge in [0, 0.05) is 51.5 Å². The van der Waals surface area contributed by atoms with Gasteiger partial charge in [0.15, 0.2) is 0 Å². The van der Waals surface area contributed by atoms with Crippen molar-refractivity contribution >= 4 is 0 Å². The van der Waals surface area contributed by atoms with Gasteiger partial charge in [0.25, 0.3) is 0 Å². The molecule has 1 aromatic heterocycles. The van der Waals surface area contributed by atoms with Gasteiger partial charge in [-0.1, -0.05) is 6.07 Å². The first kappa shape index (κ1) is 16.4. The molecule has 0 aliphatic carbocycles. The summed E-state index contributed by atoms with van der Waals surface area (Å²) in [6, 6.07) is 6.28. The van der Waals surface area contributed by atoms with Crippen LogP contribution in [0.15, 0.2) is 18.2 Å². The van der Waals surface area contributed by atoms with Crippen molar-refractivity contribution in [3.8, 4) is 0 Å². The van der Waals surface area contributed by atoms with E-state index < -0.39 is 0 Å². The monoisotopic (exact) mass is 291 g/mol. The van der Waals surface area contributed by atoms with E-state index in [0.29, 0.717) is 0 Å². The van der Waals surface area contributed by atoms with Crippen LogP contribution in [0.5, 0.6) is 0 Å². The molecule has 0 amide bonds. The van der Waals surface area contributed by atoms with Crippen molar-refractivity contribution in [2.75, 3.05) is 52.4 Å². The van der Waals surface area contributed by atoms with Crippen LogP contribution in [0, 0.1) is 6.92 Å². The van der Waals surface area contributed by atoms with Crippen molar-refractivity contribution < 1.29 is 0 Å². The van der Waals surface area contributed by atoms with Gasteiger partial charge in [-0.05, 0) is 38.6 Å². The number of nitrogens with two attached hydrogens (primary N) is 1. The lowest BCUT2D eigenvalue weighted by atomic mass is 10.2. The van der Waals surface area contributed by atoms with E-state index in [9.17, 15) is 0 Å². The molecule has 5 nitrogen and oxygen atoms in total. The first-order valence-electron chi connectivity index (χ1n) is 8.06. The van der Waals surface area contributed by atoms with Crippen LogP contribution in [0.25, 0.3) is 0 Å². The van der Waals surface area contributed by atoms with E-state index in [0.717, 1.165) is 64.6 Å². The molecule has 0 bridgehead atoms. The third kappa shape index (κ3) is 6.09. The number of aromatic nitrogens is 1. The number of hydrogen-bond acceptors (Lipinski definition) is 5. The first-order chi connectivity index (χ1) is 10.3. The molecule has 21 heavy (non-hydrogen) atoms. The maximum absolute atomic E-state index is 5.68. The van der Waals surface area contributed by atoms with Crippen LogP contribution in [0.2, 0.25) is 0 Å². The fraction of sp³-hybridized carbons (Fsp3) is 0.688. The number of rotatable bonds is 4. The lowest BCUT2D eigenvalue weighted by molar-refractivity contribution is 0.208. The summed E-state index contributed by atoms with van der Waals surface area (Å²) in [6.07, 6.45) is 1.20. The highest BCUT2D eigenvalue weighted by molar-refractivity contribution is 5.09. The molecule has 0 saturated carbocycles. The van der Waals surface area contributed by atoms with Crippen molar-refractivity contribution in [3.05, 3.63) is 29.6 Å². The molecule has 2 rings (SSSR count). The van der Waals surface area contributed by atoms with E-state index in [1.807, 2.05) is 0 Å². The van der Waals surface area contributed by atoms with E-state index in [-0.39, 0.29) is 0 Å². The van der Waals surface area contributed by atoms with Crippen LogP contribution in [-0.4, -0.2) is 67.1 Å². The minimum absolute atomic E-state index is 0.747. The van der Waals surface area contributed by atoms with Gasteiger partial charge in [-0.25, -0.2) is 0 Å². The third-order valence-electron chi connectivity index (χ3n) is 3.94. The summed E-state index contributed by atoms with van der Waals surface area (Å²) >= 11 is 0. The molecule has 2 heterocycles. The van der Waals surface area contributed by atoms with Crippen LogP contribution in [0.1, 0.15) is 17.8 Å². The van der Waals surface area contributed by atoms with Gasteiger partial charge >= 0.3 is 0 Å². The van der Waals surface area contributed by atoms with Gasteiger partial charge in [-0.15, -0.1) is 0 Å². The van der Waals surface area contributed by atoms with E-state index in [2.05, 4.69) is 45.2 Å². The van der Waals surface area contributed by atoms with Crippen molar-refractivity contribution in [1.82, 2.24) is 20.1 Å². The average Bonchev–Trinajstić information content (AvgIpc) is 2.47. The summed E-state index contributed by atoms with van der Waals surface area (Å²) in [5, 5.41) is 3.53. The predicted octanol–water partition coefficient (Wildman–Crippen LogP) is 0.446. The van der Waals surface area contributed by atoms with E-state index in [1.165, 1.54) is 12.1 Å². The predicted molar refractivity (Wildman–Crippen MR) is 87.2 cm³/mol. The molecular formula is C16H29N5. The summed E-state index contributed by atoms with van der Waals surface area (Å²) in [5.41, 5.74) is 7.95. The van der Waals surface area contributed by atoms with Gasteiger partial charge in [0.2, 0.25) is 0 Å². The fourth-order valence-electron chi connectivity index (χ4n) is 2.82. The lowest BCUT2D eigenvalue weighted by Gasteiger charge is -2.28. The van der Waals surface area contributed by atoms with Crippen molar-refractivity contribution in [2.24, 2.45) is 5.73 Å². The van der Waals surface area contributed by atoms with Crippen LogP contribution in [0.4, 0.5) is 0 Å². The van der Waals surface area contributed by atoms with Gasteiger partial charge in [-0.3, -0.25) is 9.88 Å². The second kappa shape index (κ2) is 9.10. The number of nitrogens with zero attached hydrogens (tertiary/aromatic N) is 3. The van der Waals surface area contributed by atoms with E-state index in [1.54, 1.807) is 0 Å². The standard InChI is InChI=1S/C16H29N5/c1-15-4-2-5-16(19-15)14-21-10-3-9-20(11-6-17)12-7-18-8-13-21/h2,4-5,18H,3,6-14,17H2,1H3. The molecule has 1 fully saturated rings. The van der Waals surface area contributed by atoms with Crippen molar-refractivity contribution in [3.63, 3.8) is 0 Å². The second-order valence-corrected chi connectivity index (χ2v) is 5.78. The topological polar surface area (TPSA) is 57.4 Å². The molecule has 0 aromatic carbocycles. The second-order valence-electron chi connectivity index (χ2n) is 5.78. The van der Waals surface area contributed by atoms with Crippen LogP contribution < -0.4 is 11.1 Å². The number of pyridine rings is 1. The minimum atomic E-state index is 0.747. The fourth-order valence-corrected chi connectivity index (χ4v) is 2.82. The molecule has 5 heteroatoms. The van der Waals surface area contributed by atoms with Crippen molar-refractivity contribution in [1.29, 1.82) is 0 Å². The Balaban J connectivity index is 1.87. The minimum Gasteiger partial charge on any atom is -0.329 e. The highest BCUT2D eigenvalue weighted by atomic mass is 15.2. The number of aryl methyl sites for hydroxylation is 1. The Morgan fingerprint density at radius 2 is 1.90 bits per heavy atom. The first-order valence-corrected chi connectivity index (χ1v) is 8.06. The average molecular weight is 291 g/mol. The summed E-state index contributed by atoms with van der Waals surface area (Å²) in [6.45, 7) is 11.3. The molecule has 1 aromatic rings. The summed E-state index contributed by atoms with van der Waals surface area (Å²) in [5.74, 6) is 0. The Hall–Kier alpha value is -1.01. The maximum atomic E-state index is 5.68. The Kier molecular flexibility index (Phi) is 7.09.